The van der Waals surface area contributed by atoms with Crippen LogP contribution in [0.4, 0.5) is 0 Å². The topological polar surface area (TPSA) is 65.0 Å². The van der Waals surface area contributed by atoms with Gasteiger partial charge in [-0.3, -0.25) is 4.79 Å². The highest BCUT2D eigenvalue weighted by atomic mass is 16.5. The van der Waals surface area contributed by atoms with Crippen LogP contribution in [-0.2, 0) is 32.2 Å². The molecule has 3 unspecified atom stereocenters. The predicted octanol–water partition coefficient (Wildman–Crippen LogP) is 6.79. The molecule has 1 N–H and O–H groups in total. The average Bonchev–Trinajstić information content (AvgIpc) is 2.91. The van der Waals surface area contributed by atoms with Crippen molar-refractivity contribution in [1.29, 1.82) is 0 Å². The van der Waals surface area contributed by atoms with Crippen LogP contribution in [0.3, 0.4) is 0 Å². The minimum Gasteiger partial charge on any atom is -0.457 e. The second kappa shape index (κ2) is 14.5. The van der Waals surface area contributed by atoms with Crippen LogP contribution in [0.1, 0.15) is 71.4 Å². The Hall–Kier alpha value is -2.69. The SMILES string of the molecule is CCC1OC(=O)[C@@H](C)C(OCc2ccccc2)CCC(C)(O)C[C@@H](C)[C@H](OCc2ccccc2)C=C=C1C. The zero-order valence-corrected chi connectivity index (χ0v) is 23.6. The van der Waals surface area contributed by atoms with Gasteiger partial charge in [-0.2, -0.15) is 0 Å². The van der Waals surface area contributed by atoms with Crippen molar-refractivity contribution >= 4 is 5.97 Å². The zero-order chi connectivity index (χ0) is 27.5. The molecule has 0 amide bonds. The van der Waals surface area contributed by atoms with Gasteiger partial charge >= 0.3 is 5.97 Å². The van der Waals surface area contributed by atoms with Crippen molar-refractivity contribution < 1.29 is 24.1 Å². The van der Waals surface area contributed by atoms with Gasteiger partial charge in [0, 0.05) is 5.57 Å². The number of carbonyl (C=O) groups excluding carboxylic acids is 1. The average molecular weight is 521 g/mol. The molecular formula is C33H44O5. The number of ether oxygens (including phenoxy) is 3. The van der Waals surface area contributed by atoms with Crippen LogP contribution in [0.15, 0.2) is 78.0 Å². The highest BCUT2D eigenvalue weighted by molar-refractivity contribution is 5.73. The Labute approximate surface area is 228 Å². The fraction of sp³-hybridized carbons (Fsp3) is 0.515. The summed E-state index contributed by atoms with van der Waals surface area (Å²) in [5, 5.41) is 11.4. The third kappa shape index (κ3) is 9.25. The van der Waals surface area contributed by atoms with Crippen molar-refractivity contribution in [3.8, 4) is 0 Å². The third-order valence-electron chi connectivity index (χ3n) is 7.40. The van der Waals surface area contributed by atoms with E-state index < -0.39 is 11.5 Å². The molecule has 5 nitrogen and oxygen atoms in total. The Morgan fingerprint density at radius 3 is 2.16 bits per heavy atom. The Bertz CT molecular complexity index is 1060. The van der Waals surface area contributed by atoms with Gasteiger partial charge in [-0.1, -0.05) is 74.5 Å². The quantitative estimate of drug-likeness (QED) is 0.322. The Kier molecular flexibility index (Phi) is 11.4. The van der Waals surface area contributed by atoms with E-state index in [0.29, 0.717) is 38.9 Å². The van der Waals surface area contributed by atoms with Gasteiger partial charge in [-0.15, -0.1) is 5.73 Å². The summed E-state index contributed by atoms with van der Waals surface area (Å²) in [6.07, 6.45) is 3.16. The first-order valence-corrected chi connectivity index (χ1v) is 13.9. The van der Waals surface area contributed by atoms with Gasteiger partial charge in [-0.25, -0.2) is 0 Å². The number of carbonyl (C=O) groups is 1. The van der Waals surface area contributed by atoms with E-state index in [2.05, 4.69) is 12.7 Å². The summed E-state index contributed by atoms with van der Waals surface area (Å²) in [5.74, 6) is -0.721. The molecule has 0 bridgehead atoms. The Morgan fingerprint density at radius 2 is 1.58 bits per heavy atom. The Morgan fingerprint density at radius 1 is 1.00 bits per heavy atom. The highest BCUT2D eigenvalue weighted by Crippen LogP contribution is 2.30. The molecule has 5 heteroatoms. The molecule has 0 aliphatic carbocycles. The summed E-state index contributed by atoms with van der Waals surface area (Å²) in [5.41, 5.74) is 5.38. The number of aliphatic hydroxyl groups is 1. The molecular weight excluding hydrogens is 476 g/mol. The van der Waals surface area contributed by atoms with E-state index in [4.69, 9.17) is 14.2 Å². The summed E-state index contributed by atoms with van der Waals surface area (Å²) >= 11 is 0. The van der Waals surface area contributed by atoms with Gasteiger partial charge in [0.1, 0.15) is 6.10 Å². The predicted molar refractivity (Wildman–Crippen MR) is 150 cm³/mol. The van der Waals surface area contributed by atoms with E-state index in [1.165, 1.54) is 0 Å². The van der Waals surface area contributed by atoms with E-state index in [-0.39, 0.29) is 30.2 Å². The summed E-state index contributed by atoms with van der Waals surface area (Å²) in [4.78, 5) is 13.2. The minimum absolute atomic E-state index is 0.0423. The molecule has 2 aromatic carbocycles. The van der Waals surface area contributed by atoms with Gasteiger partial charge in [0.25, 0.3) is 0 Å². The second-order valence-electron chi connectivity index (χ2n) is 10.9. The number of rotatable bonds is 7. The van der Waals surface area contributed by atoms with E-state index in [1.807, 2.05) is 94.4 Å². The largest absolute Gasteiger partial charge is 0.457 e. The summed E-state index contributed by atoms with van der Waals surface area (Å²) in [7, 11) is 0. The fourth-order valence-corrected chi connectivity index (χ4v) is 4.95. The maximum Gasteiger partial charge on any atom is 0.311 e. The van der Waals surface area contributed by atoms with Gasteiger partial charge in [0.05, 0.1) is 36.9 Å². The molecule has 206 valence electrons. The fourth-order valence-electron chi connectivity index (χ4n) is 4.95. The zero-order valence-electron chi connectivity index (χ0n) is 23.6. The van der Waals surface area contributed by atoms with Crippen LogP contribution in [0.5, 0.6) is 0 Å². The molecule has 38 heavy (non-hydrogen) atoms. The molecule has 0 spiro atoms. The van der Waals surface area contributed by atoms with Crippen molar-refractivity contribution in [2.75, 3.05) is 0 Å². The van der Waals surface area contributed by atoms with Crippen molar-refractivity contribution in [3.05, 3.63) is 89.2 Å². The van der Waals surface area contributed by atoms with Gasteiger partial charge < -0.3 is 19.3 Å². The molecule has 2 aromatic rings. The number of hydrogen-bond acceptors (Lipinski definition) is 5. The highest BCUT2D eigenvalue weighted by Gasteiger charge is 2.33. The van der Waals surface area contributed by atoms with Crippen molar-refractivity contribution in [3.63, 3.8) is 0 Å². The minimum atomic E-state index is -0.950. The molecule has 0 saturated carbocycles. The lowest BCUT2D eigenvalue weighted by Crippen LogP contribution is -2.37. The lowest BCUT2D eigenvalue weighted by molar-refractivity contribution is -0.158. The van der Waals surface area contributed by atoms with Crippen LogP contribution in [0, 0.1) is 11.8 Å². The van der Waals surface area contributed by atoms with Gasteiger partial charge in [0.15, 0.2) is 0 Å². The molecule has 6 atom stereocenters. The molecule has 1 aliphatic heterocycles. The van der Waals surface area contributed by atoms with Crippen LogP contribution in [-0.4, -0.2) is 35.0 Å². The van der Waals surface area contributed by atoms with E-state index in [0.717, 1.165) is 16.7 Å². The van der Waals surface area contributed by atoms with Crippen LogP contribution in [0.25, 0.3) is 0 Å². The van der Waals surface area contributed by atoms with Crippen LogP contribution >= 0.6 is 0 Å². The molecule has 0 saturated heterocycles. The van der Waals surface area contributed by atoms with Crippen molar-refractivity contribution in [1.82, 2.24) is 0 Å². The summed E-state index contributed by atoms with van der Waals surface area (Å²) in [6.45, 7) is 10.6. The van der Waals surface area contributed by atoms with Crippen LogP contribution in [0.2, 0.25) is 0 Å². The smallest absolute Gasteiger partial charge is 0.311 e. The molecule has 0 fully saturated rings. The first-order chi connectivity index (χ1) is 18.2. The van der Waals surface area contributed by atoms with E-state index >= 15 is 0 Å². The molecule has 3 rings (SSSR count). The molecule has 1 aliphatic rings. The third-order valence-corrected chi connectivity index (χ3v) is 7.40. The lowest BCUT2D eigenvalue weighted by Gasteiger charge is -2.33. The second-order valence-corrected chi connectivity index (χ2v) is 10.9. The first-order valence-electron chi connectivity index (χ1n) is 13.9. The molecule has 0 radical (unpaired) electrons. The first kappa shape index (κ1) is 29.9. The summed E-state index contributed by atoms with van der Waals surface area (Å²) in [6, 6.07) is 20.0. The summed E-state index contributed by atoms with van der Waals surface area (Å²) < 4.78 is 18.5. The number of hydrogen-bond donors (Lipinski definition) is 1. The maximum absolute atomic E-state index is 13.2. The van der Waals surface area contributed by atoms with Crippen molar-refractivity contribution in [2.45, 2.75) is 97.4 Å². The van der Waals surface area contributed by atoms with Crippen molar-refractivity contribution in [2.24, 2.45) is 11.8 Å². The number of esters is 1. The number of benzene rings is 2. The lowest BCUT2D eigenvalue weighted by atomic mass is 9.84. The van der Waals surface area contributed by atoms with Gasteiger partial charge in [0.2, 0.25) is 0 Å². The van der Waals surface area contributed by atoms with Gasteiger partial charge in [-0.05, 0) is 69.6 Å². The molecule has 0 aromatic heterocycles. The maximum atomic E-state index is 13.2. The number of cyclic esters (lactones) is 1. The Balaban J connectivity index is 1.85. The standard InChI is InChI=1S/C33H44O5/c1-6-29-24(2)17-18-30(36-22-27-13-9-7-10-14-27)25(3)21-33(5,35)20-19-31(26(4)32(34)38-29)37-23-28-15-11-8-12-16-28/h7-16,18,25-26,29-31,35H,6,19-23H2,1-5H3/t17?,25-,26+,29?,30-,31?,33?/m1/s1. The normalized spacial score (nSPS) is 29.3. The van der Waals surface area contributed by atoms with E-state index in [1.54, 1.807) is 0 Å². The monoisotopic (exact) mass is 520 g/mol. The van der Waals surface area contributed by atoms with Crippen LogP contribution < -0.4 is 0 Å². The molecule has 1 heterocycles. The van der Waals surface area contributed by atoms with E-state index in [9.17, 15) is 9.90 Å².